The molecule has 0 saturated heterocycles. The van der Waals surface area contributed by atoms with E-state index in [1.165, 1.54) is 4.31 Å². The summed E-state index contributed by atoms with van der Waals surface area (Å²) in [6.45, 7) is 9.40. The Morgan fingerprint density at radius 3 is 2.65 bits per heavy atom. The Balaban J connectivity index is 2.50. The van der Waals surface area contributed by atoms with Crippen LogP contribution in [0.25, 0.3) is 6.08 Å². The predicted octanol–water partition coefficient (Wildman–Crippen LogP) is 2.54. The lowest BCUT2D eigenvalue weighted by atomic mass is 10.0. The number of hydrogen-bond acceptors (Lipinski definition) is 5. The van der Waals surface area contributed by atoms with Crippen LogP contribution in [0.2, 0.25) is 0 Å². The average molecular weight is 454 g/mol. The molecule has 2 amide bonds. The van der Waals surface area contributed by atoms with E-state index >= 15 is 0 Å². The second kappa shape index (κ2) is 10.5. The second-order valence-electron chi connectivity index (χ2n) is 8.43. The van der Waals surface area contributed by atoms with Gasteiger partial charge in [-0.25, -0.2) is 13.2 Å². The van der Waals surface area contributed by atoms with Crippen molar-refractivity contribution in [2.24, 2.45) is 5.92 Å². The average Bonchev–Trinajstić information content (AvgIpc) is 2.69. The standard InChI is InChI=1S/C22H35N3O5S/c1-7-8-18-9-10-21-19(11-18)30-20(13-24(6)22(27)23-15(2)3)16(4)12-25(17(5)14-26)31(21,28)29/h7-11,15-17,20,26H,12-14H2,1-6H3,(H,23,27)/b8-7+/t16-,17+,20-/m1/s1. The summed E-state index contributed by atoms with van der Waals surface area (Å²) in [5.41, 5.74) is 0.816. The van der Waals surface area contributed by atoms with Crippen molar-refractivity contribution in [3.8, 4) is 5.75 Å². The van der Waals surface area contributed by atoms with E-state index < -0.39 is 22.2 Å². The van der Waals surface area contributed by atoms with Crippen molar-refractivity contribution in [1.82, 2.24) is 14.5 Å². The topological polar surface area (TPSA) is 99.2 Å². The van der Waals surface area contributed by atoms with Crippen molar-refractivity contribution in [3.63, 3.8) is 0 Å². The van der Waals surface area contributed by atoms with Gasteiger partial charge in [0.1, 0.15) is 16.7 Å². The molecule has 1 aromatic rings. The maximum atomic E-state index is 13.4. The van der Waals surface area contributed by atoms with Crippen LogP contribution in [0.5, 0.6) is 5.75 Å². The molecular formula is C22H35N3O5S. The summed E-state index contributed by atoms with van der Waals surface area (Å²) >= 11 is 0. The summed E-state index contributed by atoms with van der Waals surface area (Å²) in [5, 5.41) is 12.5. The molecule has 2 N–H and O–H groups in total. The van der Waals surface area contributed by atoms with Gasteiger partial charge in [0.25, 0.3) is 0 Å². The number of ether oxygens (including phenoxy) is 1. The molecule has 2 rings (SSSR count). The quantitative estimate of drug-likeness (QED) is 0.690. The number of aliphatic hydroxyl groups is 1. The molecule has 0 aliphatic carbocycles. The van der Waals surface area contributed by atoms with Crippen LogP contribution >= 0.6 is 0 Å². The lowest BCUT2D eigenvalue weighted by molar-refractivity contribution is 0.0810. The van der Waals surface area contributed by atoms with E-state index in [0.29, 0.717) is 0 Å². The van der Waals surface area contributed by atoms with Crippen LogP contribution in [0.1, 0.15) is 40.2 Å². The van der Waals surface area contributed by atoms with Gasteiger partial charge in [-0.3, -0.25) is 0 Å². The van der Waals surface area contributed by atoms with E-state index in [1.807, 2.05) is 39.8 Å². The minimum Gasteiger partial charge on any atom is -0.487 e. The molecule has 31 heavy (non-hydrogen) atoms. The van der Waals surface area contributed by atoms with Gasteiger partial charge in [-0.05, 0) is 45.4 Å². The Kier molecular flexibility index (Phi) is 8.50. The van der Waals surface area contributed by atoms with Crippen molar-refractivity contribution in [2.45, 2.75) is 57.7 Å². The van der Waals surface area contributed by atoms with Crippen LogP contribution in [0.3, 0.4) is 0 Å². The number of aliphatic hydroxyl groups excluding tert-OH is 1. The number of allylic oxidation sites excluding steroid dienone is 1. The van der Waals surface area contributed by atoms with Gasteiger partial charge in [0.15, 0.2) is 0 Å². The molecule has 1 aromatic carbocycles. The molecule has 0 saturated carbocycles. The highest BCUT2D eigenvalue weighted by atomic mass is 32.2. The fraction of sp³-hybridized carbons (Fsp3) is 0.591. The first-order valence-electron chi connectivity index (χ1n) is 10.6. The molecule has 1 aliphatic heterocycles. The number of amides is 2. The maximum Gasteiger partial charge on any atom is 0.317 e. The molecule has 1 aliphatic rings. The van der Waals surface area contributed by atoms with Crippen molar-refractivity contribution in [1.29, 1.82) is 0 Å². The van der Waals surface area contributed by atoms with Gasteiger partial charge >= 0.3 is 6.03 Å². The zero-order valence-corrected chi connectivity index (χ0v) is 20.0. The number of rotatable bonds is 6. The van der Waals surface area contributed by atoms with E-state index in [9.17, 15) is 18.3 Å². The fourth-order valence-corrected chi connectivity index (χ4v) is 5.29. The number of urea groups is 1. The molecule has 174 valence electrons. The second-order valence-corrected chi connectivity index (χ2v) is 10.3. The van der Waals surface area contributed by atoms with E-state index in [-0.39, 0.29) is 48.3 Å². The SMILES string of the molecule is C/C=C/c1ccc2c(c1)O[C@H](CN(C)C(=O)NC(C)C)[C@H](C)CN([C@@H](C)CO)S2(=O)=O. The Labute approximate surface area is 185 Å². The smallest absolute Gasteiger partial charge is 0.317 e. The number of nitrogens with zero attached hydrogens (tertiary/aromatic N) is 2. The largest absolute Gasteiger partial charge is 0.487 e. The van der Waals surface area contributed by atoms with Crippen LogP contribution in [0.15, 0.2) is 29.2 Å². The summed E-state index contributed by atoms with van der Waals surface area (Å²) in [4.78, 5) is 14.0. The Morgan fingerprint density at radius 1 is 1.39 bits per heavy atom. The van der Waals surface area contributed by atoms with Crippen LogP contribution in [0.4, 0.5) is 4.79 Å². The lowest BCUT2D eigenvalue weighted by Gasteiger charge is -2.37. The predicted molar refractivity (Wildman–Crippen MR) is 121 cm³/mol. The van der Waals surface area contributed by atoms with Gasteiger partial charge in [0.05, 0.1) is 13.2 Å². The highest BCUT2D eigenvalue weighted by Gasteiger charge is 2.38. The van der Waals surface area contributed by atoms with Crippen LogP contribution in [0, 0.1) is 5.92 Å². The molecule has 3 atom stereocenters. The molecule has 1 heterocycles. The minimum absolute atomic E-state index is 0.000721. The number of nitrogens with one attached hydrogen (secondary N) is 1. The van der Waals surface area contributed by atoms with Crippen molar-refractivity contribution in [3.05, 3.63) is 29.8 Å². The van der Waals surface area contributed by atoms with Gasteiger partial charge in [0, 0.05) is 31.6 Å². The van der Waals surface area contributed by atoms with Gasteiger partial charge in [-0.2, -0.15) is 4.31 Å². The number of fused-ring (bicyclic) bond motifs is 1. The van der Waals surface area contributed by atoms with E-state index in [1.54, 1.807) is 37.1 Å². The zero-order chi connectivity index (χ0) is 23.3. The third-order valence-electron chi connectivity index (χ3n) is 5.26. The van der Waals surface area contributed by atoms with Gasteiger partial charge in [0.2, 0.25) is 10.0 Å². The maximum absolute atomic E-state index is 13.4. The molecule has 0 bridgehead atoms. The number of sulfonamides is 1. The Morgan fingerprint density at radius 2 is 2.06 bits per heavy atom. The molecule has 0 fully saturated rings. The fourth-order valence-electron chi connectivity index (χ4n) is 3.47. The van der Waals surface area contributed by atoms with Gasteiger partial charge < -0.3 is 20.1 Å². The third kappa shape index (κ3) is 5.99. The van der Waals surface area contributed by atoms with Crippen LogP contribution in [-0.2, 0) is 10.0 Å². The molecule has 0 aromatic heterocycles. The number of carbonyl (C=O) groups excluding carboxylic acids is 1. The Bertz CT molecular complexity index is 900. The normalized spacial score (nSPS) is 22.3. The molecule has 0 unspecified atom stereocenters. The summed E-state index contributed by atoms with van der Waals surface area (Å²) in [6.07, 6.45) is 3.29. The van der Waals surface area contributed by atoms with Gasteiger partial charge in [-0.15, -0.1) is 0 Å². The van der Waals surface area contributed by atoms with E-state index in [2.05, 4.69) is 5.32 Å². The van der Waals surface area contributed by atoms with Crippen LogP contribution in [-0.4, -0.2) is 73.7 Å². The van der Waals surface area contributed by atoms with E-state index in [4.69, 9.17) is 4.74 Å². The number of likely N-dealkylation sites (N-methyl/N-ethyl adjacent to an activating group) is 1. The minimum atomic E-state index is -3.87. The first-order valence-corrected chi connectivity index (χ1v) is 12.0. The van der Waals surface area contributed by atoms with Crippen molar-refractivity contribution < 1.29 is 23.1 Å². The molecular weight excluding hydrogens is 418 g/mol. The summed E-state index contributed by atoms with van der Waals surface area (Å²) in [7, 11) is -2.18. The summed E-state index contributed by atoms with van der Waals surface area (Å²) in [5.74, 6) is 0.0246. The first kappa shape index (κ1) is 25.2. The molecule has 0 radical (unpaired) electrons. The molecule has 0 spiro atoms. The third-order valence-corrected chi connectivity index (χ3v) is 7.28. The monoisotopic (exact) mass is 453 g/mol. The molecule has 9 heteroatoms. The number of carbonyl (C=O) groups is 1. The Hall–Kier alpha value is -2.10. The van der Waals surface area contributed by atoms with E-state index in [0.717, 1.165) is 5.56 Å². The zero-order valence-electron chi connectivity index (χ0n) is 19.2. The molecule has 8 nitrogen and oxygen atoms in total. The highest BCUT2D eigenvalue weighted by molar-refractivity contribution is 7.89. The highest BCUT2D eigenvalue weighted by Crippen LogP contribution is 2.34. The van der Waals surface area contributed by atoms with Crippen molar-refractivity contribution in [2.75, 3.05) is 26.7 Å². The summed E-state index contributed by atoms with van der Waals surface area (Å²) in [6, 6.07) is 4.16. The van der Waals surface area contributed by atoms with Crippen LogP contribution < -0.4 is 10.1 Å². The number of hydrogen-bond donors (Lipinski definition) is 2. The van der Waals surface area contributed by atoms with Gasteiger partial charge in [-0.1, -0.05) is 25.1 Å². The van der Waals surface area contributed by atoms with Crippen molar-refractivity contribution >= 4 is 22.1 Å². The first-order chi connectivity index (χ1) is 14.5. The lowest BCUT2D eigenvalue weighted by Crippen LogP contribution is -2.51. The number of benzene rings is 1. The summed E-state index contributed by atoms with van der Waals surface area (Å²) < 4.78 is 34.3.